The van der Waals surface area contributed by atoms with Crippen molar-refractivity contribution in [1.29, 1.82) is 0 Å². The van der Waals surface area contributed by atoms with E-state index in [9.17, 15) is 4.79 Å². The molecule has 2 atom stereocenters. The number of benzene rings is 1. The molecule has 1 amide bonds. The lowest BCUT2D eigenvalue weighted by Gasteiger charge is -2.31. The van der Waals surface area contributed by atoms with Crippen LogP contribution in [0.3, 0.4) is 0 Å². The van der Waals surface area contributed by atoms with Crippen LogP contribution >= 0.6 is 27.7 Å². The molecule has 19 heavy (non-hydrogen) atoms. The second-order valence-corrected chi connectivity index (χ2v) is 6.53. The quantitative estimate of drug-likeness (QED) is 0.660. The molecule has 4 heteroatoms. The number of nitrogens with one attached hydrogen (secondary N) is 1. The van der Waals surface area contributed by atoms with Crippen molar-refractivity contribution >= 4 is 33.6 Å². The van der Waals surface area contributed by atoms with Crippen molar-refractivity contribution in [2.75, 3.05) is 11.6 Å². The largest absolute Gasteiger partial charge is 0.349 e. The van der Waals surface area contributed by atoms with Gasteiger partial charge in [0.2, 0.25) is 0 Å². The standard InChI is InChI=1S/C15H20BrNOS/c1-19-13-8-6-11(7-9-13)15(18)17-14-5-3-2-4-12(14)10-16/h6-9,12,14H,2-5,10H2,1H3,(H,17,18). The monoisotopic (exact) mass is 341 g/mol. The third kappa shape index (κ3) is 3.99. The summed E-state index contributed by atoms with van der Waals surface area (Å²) >= 11 is 5.25. The maximum Gasteiger partial charge on any atom is 0.251 e. The van der Waals surface area contributed by atoms with E-state index in [1.165, 1.54) is 24.2 Å². The van der Waals surface area contributed by atoms with Gasteiger partial charge in [-0.25, -0.2) is 0 Å². The van der Waals surface area contributed by atoms with Crippen molar-refractivity contribution in [1.82, 2.24) is 5.32 Å². The van der Waals surface area contributed by atoms with Gasteiger partial charge in [0.25, 0.3) is 5.91 Å². The Balaban J connectivity index is 1.98. The van der Waals surface area contributed by atoms with Gasteiger partial charge >= 0.3 is 0 Å². The Morgan fingerprint density at radius 3 is 2.63 bits per heavy atom. The Labute approximate surface area is 127 Å². The second kappa shape index (κ2) is 7.34. The average molecular weight is 342 g/mol. The van der Waals surface area contributed by atoms with Crippen molar-refractivity contribution in [3.8, 4) is 0 Å². The molecule has 0 bridgehead atoms. The molecule has 0 saturated heterocycles. The van der Waals surface area contributed by atoms with Crippen molar-refractivity contribution < 1.29 is 4.79 Å². The maximum atomic E-state index is 12.2. The molecule has 2 nitrogen and oxygen atoms in total. The van der Waals surface area contributed by atoms with Gasteiger partial charge in [0.05, 0.1) is 0 Å². The van der Waals surface area contributed by atoms with Gasteiger partial charge in [-0.1, -0.05) is 28.8 Å². The van der Waals surface area contributed by atoms with Crippen molar-refractivity contribution in [3.63, 3.8) is 0 Å². The van der Waals surface area contributed by atoms with E-state index in [4.69, 9.17) is 0 Å². The third-order valence-electron chi connectivity index (χ3n) is 3.78. The molecule has 0 heterocycles. The summed E-state index contributed by atoms with van der Waals surface area (Å²) in [6.45, 7) is 0. The summed E-state index contributed by atoms with van der Waals surface area (Å²) in [5.41, 5.74) is 0.761. The zero-order chi connectivity index (χ0) is 13.7. The first-order valence-corrected chi connectivity index (χ1v) is 9.10. The fraction of sp³-hybridized carbons (Fsp3) is 0.533. The normalized spacial score (nSPS) is 23.1. The van der Waals surface area contributed by atoms with Crippen LogP contribution in [0.2, 0.25) is 0 Å². The second-order valence-electron chi connectivity index (χ2n) is 5.01. The van der Waals surface area contributed by atoms with Gasteiger partial charge in [0.15, 0.2) is 0 Å². The highest BCUT2D eigenvalue weighted by Crippen LogP contribution is 2.26. The summed E-state index contributed by atoms with van der Waals surface area (Å²) in [6.07, 6.45) is 6.86. The molecule has 2 unspecified atom stereocenters. The number of hydrogen-bond donors (Lipinski definition) is 1. The van der Waals surface area contributed by atoms with Crippen LogP contribution in [0.5, 0.6) is 0 Å². The summed E-state index contributed by atoms with van der Waals surface area (Å²) < 4.78 is 0. The number of carbonyl (C=O) groups is 1. The summed E-state index contributed by atoms with van der Waals surface area (Å²) in [7, 11) is 0. The fourth-order valence-electron chi connectivity index (χ4n) is 2.58. The molecule has 1 fully saturated rings. The number of halogens is 1. The molecule has 1 aliphatic rings. The zero-order valence-corrected chi connectivity index (χ0v) is 13.6. The Kier molecular flexibility index (Phi) is 5.76. The molecule has 0 aliphatic heterocycles. The van der Waals surface area contributed by atoms with Crippen molar-refractivity contribution in [3.05, 3.63) is 29.8 Å². The molecule has 2 rings (SSSR count). The maximum absolute atomic E-state index is 12.2. The first-order chi connectivity index (χ1) is 9.24. The summed E-state index contributed by atoms with van der Waals surface area (Å²) in [6, 6.07) is 8.14. The van der Waals surface area contributed by atoms with Gasteiger partial charge in [-0.2, -0.15) is 0 Å². The highest BCUT2D eigenvalue weighted by atomic mass is 79.9. The van der Waals surface area contributed by atoms with Crippen LogP contribution in [0.1, 0.15) is 36.0 Å². The summed E-state index contributed by atoms with van der Waals surface area (Å²) in [4.78, 5) is 13.4. The number of carbonyl (C=O) groups excluding carboxylic acids is 1. The minimum atomic E-state index is 0.0607. The molecule has 0 aromatic heterocycles. The van der Waals surface area contributed by atoms with E-state index >= 15 is 0 Å². The predicted octanol–water partition coefficient (Wildman–Crippen LogP) is 4.09. The smallest absolute Gasteiger partial charge is 0.251 e. The highest BCUT2D eigenvalue weighted by molar-refractivity contribution is 9.09. The van der Waals surface area contributed by atoms with E-state index in [1.807, 2.05) is 30.5 Å². The van der Waals surface area contributed by atoms with E-state index < -0.39 is 0 Å². The fourth-order valence-corrected chi connectivity index (χ4v) is 3.76. The Bertz CT molecular complexity index is 421. The first-order valence-electron chi connectivity index (χ1n) is 6.75. The lowest BCUT2D eigenvalue weighted by atomic mass is 9.86. The lowest BCUT2D eigenvalue weighted by Crippen LogP contribution is -2.42. The van der Waals surface area contributed by atoms with Gasteiger partial charge in [-0.3, -0.25) is 4.79 Å². The van der Waals surface area contributed by atoms with Gasteiger partial charge in [0, 0.05) is 21.8 Å². The highest BCUT2D eigenvalue weighted by Gasteiger charge is 2.25. The van der Waals surface area contributed by atoms with Crippen LogP contribution in [0.25, 0.3) is 0 Å². The molecule has 0 spiro atoms. The molecule has 0 radical (unpaired) electrons. The van der Waals surface area contributed by atoms with Crippen molar-refractivity contribution in [2.45, 2.75) is 36.6 Å². The van der Waals surface area contributed by atoms with Crippen LogP contribution < -0.4 is 5.32 Å². The first kappa shape index (κ1) is 14.9. The average Bonchev–Trinajstić information content (AvgIpc) is 2.48. The van der Waals surface area contributed by atoms with Crippen LogP contribution in [0.4, 0.5) is 0 Å². The molecular weight excluding hydrogens is 322 g/mol. The Morgan fingerprint density at radius 2 is 2.00 bits per heavy atom. The van der Waals surface area contributed by atoms with E-state index in [1.54, 1.807) is 11.8 Å². The SMILES string of the molecule is CSc1ccc(C(=O)NC2CCCCC2CBr)cc1. The predicted molar refractivity (Wildman–Crippen MR) is 85.2 cm³/mol. The summed E-state index contributed by atoms with van der Waals surface area (Å²) in [5, 5.41) is 4.17. The van der Waals surface area contributed by atoms with Crippen molar-refractivity contribution in [2.24, 2.45) is 5.92 Å². The van der Waals surface area contributed by atoms with Crippen LogP contribution in [0, 0.1) is 5.92 Å². The lowest BCUT2D eigenvalue weighted by molar-refractivity contribution is 0.0911. The van der Waals surface area contributed by atoms with E-state index in [-0.39, 0.29) is 5.91 Å². The number of alkyl halides is 1. The van der Waals surface area contributed by atoms with Crippen LogP contribution in [-0.2, 0) is 0 Å². The molecule has 1 aromatic carbocycles. The Morgan fingerprint density at radius 1 is 1.32 bits per heavy atom. The molecule has 104 valence electrons. The van der Waals surface area contributed by atoms with Gasteiger partial charge < -0.3 is 5.32 Å². The minimum absolute atomic E-state index is 0.0607. The zero-order valence-electron chi connectivity index (χ0n) is 11.2. The van der Waals surface area contributed by atoms with Gasteiger partial charge in [0.1, 0.15) is 0 Å². The Hall–Kier alpha value is -0.480. The van der Waals surface area contributed by atoms with E-state index in [0.29, 0.717) is 12.0 Å². The summed E-state index contributed by atoms with van der Waals surface area (Å²) in [5.74, 6) is 0.633. The molecule has 1 N–H and O–H groups in total. The van der Waals surface area contributed by atoms with E-state index in [0.717, 1.165) is 17.3 Å². The molecule has 1 saturated carbocycles. The van der Waals surface area contributed by atoms with E-state index in [2.05, 4.69) is 21.2 Å². The number of amides is 1. The third-order valence-corrected chi connectivity index (χ3v) is 5.35. The topological polar surface area (TPSA) is 29.1 Å². The number of thioether (sulfide) groups is 1. The van der Waals surface area contributed by atoms with Crippen LogP contribution in [-0.4, -0.2) is 23.5 Å². The van der Waals surface area contributed by atoms with Crippen LogP contribution in [0.15, 0.2) is 29.2 Å². The van der Waals surface area contributed by atoms with Gasteiger partial charge in [-0.05, 0) is 49.3 Å². The van der Waals surface area contributed by atoms with Gasteiger partial charge in [-0.15, -0.1) is 11.8 Å². The molecule has 1 aromatic rings. The molecule has 1 aliphatic carbocycles. The number of hydrogen-bond acceptors (Lipinski definition) is 2. The minimum Gasteiger partial charge on any atom is -0.349 e. The number of rotatable bonds is 4. The molecular formula is C15H20BrNOS.